The van der Waals surface area contributed by atoms with E-state index in [9.17, 15) is 18.0 Å². The fourth-order valence-electron chi connectivity index (χ4n) is 1.73. The van der Waals surface area contributed by atoms with E-state index in [1.165, 1.54) is 12.1 Å². The molecule has 1 aromatic carbocycles. The summed E-state index contributed by atoms with van der Waals surface area (Å²) in [5.41, 5.74) is -0.393. The Morgan fingerprint density at radius 1 is 1.24 bits per heavy atom. The highest BCUT2D eigenvalue weighted by Crippen LogP contribution is 2.48. The van der Waals surface area contributed by atoms with Gasteiger partial charge in [-0.25, -0.2) is 0 Å². The first-order valence-corrected chi connectivity index (χ1v) is 4.93. The minimum atomic E-state index is -4.73. The van der Waals surface area contributed by atoms with E-state index in [1.807, 2.05) is 0 Å². The van der Waals surface area contributed by atoms with E-state index in [0.717, 1.165) is 12.1 Å². The lowest BCUT2D eigenvalue weighted by molar-refractivity contribution is -0.274. The van der Waals surface area contributed by atoms with Crippen molar-refractivity contribution in [1.82, 2.24) is 0 Å². The van der Waals surface area contributed by atoms with Crippen LogP contribution in [0.1, 0.15) is 18.4 Å². The number of alkyl halides is 3. The number of ether oxygens (including phenoxy) is 1. The lowest BCUT2D eigenvalue weighted by atomic mass is 9.96. The number of rotatable bonds is 3. The van der Waals surface area contributed by atoms with E-state index in [4.69, 9.17) is 5.11 Å². The molecule has 0 heterocycles. The maximum atomic E-state index is 11.9. The molecule has 0 aliphatic heterocycles. The van der Waals surface area contributed by atoms with Crippen molar-refractivity contribution in [2.45, 2.75) is 24.6 Å². The molecule has 0 amide bonds. The van der Waals surface area contributed by atoms with Crippen LogP contribution in [0.15, 0.2) is 24.3 Å². The van der Waals surface area contributed by atoms with Crippen molar-refractivity contribution in [3.05, 3.63) is 29.8 Å². The van der Waals surface area contributed by atoms with Crippen molar-refractivity contribution < 1.29 is 27.8 Å². The zero-order valence-electron chi connectivity index (χ0n) is 8.62. The normalized spacial score (nSPS) is 17.6. The molecule has 0 aromatic heterocycles. The maximum absolute atomic E-state index is 11.9. The molecule has 0 radical (unpaired) electrons. The molecule has 0 atom stereocenters. The topological polar surface area (TPSA) is 46.5 Å². The summed E-state index contributed by atoms with van der Waals surface area (Å²) in [4.78, 5) is 11.0. The van der Waals surface area contributed by atoms with Gasteiger partial charge in [-0.05, 0) is 30.5 Å². The highest BCUT2D eigenvalue weighted by molar-refractivity contribution is 5.84. The SMILES string of the molecule is O=C(O)C1(c2ccc(OC(F)(F)F)cc2)CC1. The van der Waals surface area contributed by atoms with Gasteiger partial charge in [-0.3, -0.25) is 4.79 Å². The van der Waals surface area contributed by atoms with Crippen molar-refractivity contribution in [3.8, 4) is 5.75 Å². The number of hydrogen-bond acceptors (Lipinski definition) is 2. The molecule has 92 valence electrons. The van der Waals surface area contributed by atoms with E-state index >= 15 is 0 Å². The third-order valence-electron chi connectivity index (χ3n) is 2.80. The van der Waals surface area contributed by atoms with Gasteiger partial charge < -0.3 is 9.84 Å². The molecule has 0 saturated heterocycles. The number of aliphatic carboxylic acids is 1. The van der Waals surface area contributed by atoms with Crippen molar-refractivity contribution in [3.63, 3.8) is 0 Å². The third kappa shape index (κ3) is 2.35. The summed E-state index contributed by atoms with van der Waals surface area (Å²) in [5, 5.41) is 9.00. The van der Waals surface area contributed by atoms with Gasteiger partial charge >= 0.3 is 12.3 Å². The smallest absolute Gasteiger partial charge is 0.481 e. The number of halogens is 3. The predicted octanol–water partition coefficient (Wildman–Crippen LogP) is 2.70. The lowest BCUT2D eigenvalue weighted by Gasteiger charge is -2.12. The highest BCUT2D eigenvalue weighted by atomic mass is 19.4. The van der Waals surface area contributed by atoms with Crippen molar-refractivity contribution in [2.24, 2.45) is 0 Å². The zero-order chi connectivity index (χ0) is 12.7. The van der Waals surface area contributed by atoms with Gasteiger partial charge in [0.05, 0.1) is 5.41 Å². The molecular formula is C11H9F3O3. The van der Waals surface area contributed by atoms with Crippen molar-refractivity contribution in [1.29, 1.82) is 0 Å². The molecule has 2 rings (SSSR count). The number of carbonyl (C=O) groups is 1. The van der Waals surface area contributed by atoms with Crippen LogP contribution >= 0.6 is 0 Å². The van der Waals surface area contributed by atoms with Gasteiger partial charge in [0, 0.05) is 0 Å². The van der Waals surface area contributed by atoms with Crippen LogP contribution in [-0.4, -0.2) is 17.4 Å². The van der Waals surface area contributed by atoms with E-state index in [-0.39, 0.29) is 5.75 Å². The van der Waals surface area contributed by atoms with Gasteiger partial charge in [0.1, 0.15) is 5.75 Å². The summed E-state index contributed by atoms with van der Waals surface area (Å²) in [6.45, 7) is 0. The Kier molecular flexibility index (Phi) is 2.52. The highest BCUT2D eigenvalue weighted by Gasteiger charge is 2.51. The number of carboxylic acid groups (broad SMARTS) is 1. The molecule has 1 N–H and O–H groups in total. The Morgan fingerprint density at radius 2 is 1.76 bits per heavy atom. The second-order valence-corrected chi connectivity index (χ2v) is 3.96. The van der Waals surface area contributed by atoms with Crippen LogP contribution in [0.5, 0.6) is 5.75 Å². The number of carboxylic acids is 1. The Morgan fingerprint density at radius 3 is 2.12 bits per heavy atom. The molecule has 1 aliphatic carbocycles. The Bertz CT molecular complexity index is 432. The summed E-state index contributed by atoms with van der Waals surface area (Å²) < 4.78 is 39.4. The second-order valence-electron chi connectivity index (χ2n) is 3.96. The maximum Gasteiger partial charge on any atom is 0.573 e. The molecule has 0 spiro atoms. The Balaban J connectivity index is 2.17. The van der Waals surface area contributed by atoms with E-state index in [0.29, 0.717) is 18.4 Å². The fraction of sp³-hybridized carbons (Fsp3) is 0.364. The fourth-order valence-corrected chi connectivity index (χ4v) is 1.73. The quantitative estimate of drug-likeness (QED) is 0.891. The summed E-state index contributed by atoms with van der Waals surface area (Å²) in [7, 11) is 0. The standard InChI is InChI=1S/C11H9F3O3/c12-11(13,14)17-8-3-1-7(2-4-8)10(5-6-10)9(15)16/h1-4H,5-6H2,(H,15,16). The molecular weight excluding hydrogens is 237 g/mol. The monoisotopic (exact) mass is 246 g/mol. The van der Waals surface area contributed by atoms with Crippen LogP contribution < -0.4 is 4.74 Å². The molecule has 0 bridgehead atoms. The first-order valence-electron chi connectivity index (χ1n) is 4.93. The van der Waals surface area contributed by atoms with Gasteiger partial charge in [0.15, 0.2) is 0 Å². The number of benzene rings is 1. The van der Waals surface area contributed by atoms with Crippen LogP contribution in [0, 0.1) is 0 Å². The molecule has 3 nitrogen and oxygen atoms in total. The largest absolute Gasteiger partial charge is 0.573 e. The minimum Gasteiger partial charge on any atom is -0.481 e. The summed E-state index contributed by atoms with van der Waals surface area (Å²) >= 11 is 0. The van der Waals surface area contributed by atoms with Gasteiger partial charge in [-0.15, -0.1) is 13.2 Å². The molecule has 1 fully saturated rings. The zero-order valence-corrected chi connectivity index (χ0v) is 8.62. The van der Waals surface area contributed by atoms with Crippen LogP contribution in [-0.2, 0) is 10.2 Å². The van der Waals surface area contributed by atoms with Gasteiger partial charge in [0.2, 0.25) is 0 Å². The van der Waals surface area contributed by atoms with E-state index < -0.39 is 17.7 Å². The van der Waals surface area contributed by atoms with Crippen molar-refractivity contribution in [2.75, 3.05) is 0 Å². The molecule has 0 unspecified atom stereocenters. The van der Waals surface area contributed by atoms with Crippen LogP contribution in [0.4, 0.5) is 13.2 Å². The Labute approximate surface area is 94.8 Å². The molecule has 1 saturated carbocycles. The molecule has 17 heavy (non-hydrogen) atoms. The molecule has 1 aliphatic rings. The van der Waals surface area contributed by atoms with E-state index in [2.05, 4.69) is 4.74 Å². The van der Waals surface area contributed by atoms with Gasteiger partial charge in [-0.1, -0.05) is 12.1 Å². The minimum absolute atomic E-state index is 0.345. The summed E-state index contributed by atoms with van der Waals surface area (Å²) in [6.07, 6.45) is -3.70. The van der Waals surface area contributed by atoms with Gasteiger partial charge in [0.25, 0.3) is 0 Å². The predicted molar refractivity (Wildman–Crippen MR) is 51.7 cm³/mol. The average molecular weight is 246 g/mol. The van der Waals surface area contributed by atoms with Crippen molar-refractivity contribution >= 4 is 5.97 Å². The third-order valence-corrected chi connectivity index (χ3v) is 2.80. The first-order chi connectivity index (χ1) is 7.83. The molecule has 6 heteroatoms. The van der Waals surface area contributed by atoms with E-state index in [1.54, 1.807) is 0 Å². The van der Waals surface area contributed by atoms with Crippen LogP contribution in [0.3, 0.4) is 0 Å². The summed E-state index contributed by atoms with van der Waals surface area (Å²) in [5.74, 6) is -1.29. The Hall–Kier alpha value is -1.72. The first kappa shape index (κ1) is 11.8. The number of hydrogen-bond donors (Lipinski definition) is 1. The molecule has 1 aromatic rings. The second kappa shape index (κ2) is 3.65. The van der Waals surface area contributed by atoms with Crippen LogP contribution in [0.2, 0.25) is 0 Å². The summed E-state index contributed by atoms with van der Waals surface area (Å²) in [6, 6.07) is 4.99. The van der Waals surface area contributed by atoms with Crippen LogP contribution in [0.25, 0.3) is 0 Å². The lowest BCUT2D eigenvalue weighted by Crippen LogP contribution is -2.20. The average Bonchev–Trinajstić information content (AvgIpc) is 2.97. The van der Waals surface area contributed by atoms with Gasteiger partial charge in [-0.2, -0.15) is 0 Å².